The number of sulfonamides is 1. The van der Waals surface area contributed by atoms with Crippen LogP contribution >= 0.6 is 0 Å². The number of hydrogen-bond acceptors (Lipinski definition) is 4. The van der Waals surface area contributed by atoms with Crippen LogP contribution < -0.4 is 10.0 Å². The molecule has 1 heterocycles. The fourth-order valence-electron chi connectivity index (χ4n) is 3.20. The fraction of sp³-hybridized carbons (Fsp3) is 0.300. The van der Waals surface area contributed by atoms with Gasteiger partial charge in [0, 0.05) is 25.7 Å². The standard InChI is InChI=1S/C20H23N3O4S/c1-14-6-5-7-17(20(25)23-12-3-4-13-23)18(14)22-28(26,27)16-10-8-15(9-11-16)19(24)21-2/h5-11,22H,3-4,12-13H2,1-2H3,(H,21,24). The molecular formula is C20H23N3O4S. The molecule has 1 aliphatic rings. The van der Waals surface area contributed by atoms with Crippen LogP contribution in [0.15, 0.2) is 47.4 Å². The number of anilines is 1. The fourth-order valence-corrected chi connectivity index (χ4v) is 4.35. The molecule has 0 spiro atoms. The first-order chi connectivity index (χ1) is 13.3. The minimum absolute atomic E-state index is 0.0166. The van der Waals surface area contributed by atoms with Crippen molar-refractivity contribution in [2.45, 2.75) is 24.7 Å². The lowest BCUT2D eigenvalue weighted by atomic mass is 10.1. The van der Waals surface area contributed by atoms with Crippen LogP contribution in [0.3, 0.4) is 0 Å². The molecule has 2 aromatic rings. The molecule has 1 aliphatic heterocycles. The van der Waals surface area contributed by atoms with Crippen LogP contribution in [-0.4, -0.2) is 45.3 Å². The number of likely N-dealkylation sites (tertiary alicyclic amines) is 1. The van der Waals surface area contributed by atoms with Crippen LogP contribution in [0.1, 0.15) is 39.1 Å². The second kappa shape index (κ2) is 8.02. The third-order valence-electron chi connectivity index (χ3n) is 4.79. The smallest absolute Gasteiger partial charge is 0.261 e. The van der Waals surface area contributed by atoms with Crippen molar-refractivity contribution in [3.63, 3.8) is 0 Å². The number of hydrogen-bond donors (Lipinski definition) is 2. The van der Waals surface area contributed by atoms with Crippen molar-refractivity contribution in [2.24, 2.45) is 0 Å². The van der Waals surface area contributed by atoms with E-state index < -0.39 is 10.0 Å². The van der Waals surface area contributed by atoms with E-state index in [-0.39, 0.29) is 22.4 Å². The van der Waals surface area contributed by atoms with Gasteiger partial charge in [-0.1, -0.05) is 12.1 Å². The predicted molar refractivity (Wildman–Crippen MR) is 107 cm³/mol. The van der Waals surface area contributed by atoms with E-state index in [1.165, 1.54) is 31.3 Å². The van der Waals surface area contributed by atoms with Crippen LogP contribution in [0.2, 0.25) is 0 Å². The molecule has 3 rings (SSSR count). The largest absolute Gasteiger partial charge is 0.355 e. The van der Waals surface area contributed by atoms with Crippen molar-refractivity contribution in [3.05, 3.63) is 59.2 Å². The molecule has 1 saturated heterocycles. The zero-order chi connectivity index (χ0) is 20.3. The first-order valence-corrected chi connectivity index (χ1v) is 10.6. The van der Waals surface area contributed by atoms with Gasteiger partial charge in [0.1, 0.15) is 0 Å². The average molecular weight is 401 g/mol. The lowest BCUT2D eigenvalue weighted by Gasteiger charge is -2.20. The summed E-state index contributed by atoms with van der Waals surface area (Å²) in [4.78, 5) is 26.2. The Hall–Kier alpha value is -2.87. The number of benzene rings is 2. The summed E-state index contributed by atoms with van der Waals surface area (Å²) in [5, 5.41) is 2.49. The van der Waals surface area contributed by atoms with Gasteiger partial charge < -0.3 is 10.2 Å². The van der Waals surface area contributed by atoms with Crippen LogP contribution in [0, 0.1) is 6.92 Å². The zero-order valence-electron chi connectivity index (χ0n) is 15.9. The van der Waals surface area contributed by atoms with E-state index >= 15 is 0 Å². The third kappa shape index (κ3) is 4.01. The number of nitrogens with zero attached hydrogens (tertiary/aromatic N) is 1. The van der Waals surface area contributed by atoms with Gasteiger partial charge in [0.15, 0.2) is 0 Å². The van der Waals surface area contributed by atoms with E-state index in [0.717, 1.165) is 12.8 Å². The van der Waals surface area contributed by atoms with E-state index in [1.807, 2.05) is 0 Å². The highest BCUT2D eigenvalue weighted by atomic mass is 32.2. The van der Waals surface area contributed by atoms with Crippen molar-refractivity contribution in [1.82, 2.24) is 10.2 Å². The second-order valence-electron chi connectivity index (χ2n) is 6.71. The summed E-state index contributed by atoms with van der Waals surface area (Å²) in [7, 11) is -2.41. The number of nitrogens with one attached hydrogen (secondary N) is 2. The summed E-state index contributed by atoms with van der Waals surface area (Å²) in [6, 6.07) is 10.8. The number of para-hydroxylation sites is 1. The molecule has 0 radical (unpaired) electrons. The summed E-state index contributed by atoms with van der Waals surface area (Å²) in [6.45, 7) is 3.12. The number of carbonyl (C=O) groups is 2. The highest BCUT2D eigenvalue weighted by Crippen LogP contribution is 2.26. The zero-order valence-corrected chi connectivity index (χ0v) is 16.7. The van der Waals surface area contributed by atoms with Crippen LogP contribution in [0.4, 0.5) is 5.69 Å². The Morgan fingerprint density at radius 3 is 2.25 bits per heavy atom. The monoisotopic (exact) mass is 401 g/mol. The lowest BCUT2D eigenvalue weighted by Crippen LogP contribution is -2.29. The van der Waals surface area contributed by atoms with E-state index in [2.05, 4.69) is 10.0 Å². The maximum atomic E-state index is 12.9. The van der Waals surface area contributed by atoms with Gasteiger partial charge in [-0.15, -0.1) is 0 Å². The van der Waals surface area contributed by atoms with Crippen molar-refractivity contribution in [2.75, 3.05) is 24.9 Å². The Morgan fingerprint density at radius 2 is 1.64 bits per heavy atom. The molecule has 0 aromatic heterocycles. The van der Waals surface area contributed by atoms with Gasteiger partial charge in [-0.2, -0.15) is 0 Å². The summed E-state index contributed by atoms with van der Waals surface area (Å²) < 4.78 is 28.3. The van der Waals surface area contributed by atoms with Gasteiger partial charge in [0.2, 0.25) is 0 Å². The SMILES string of the molecule is CNC(=O)c1ccc(S(=O)(=O)Nc2c(C)cccc2C(=O)N2CCCC2)cc1. The molecule has 0 saturated carbocycles. The minimum atomic E-state index is -3.92. The van der Waals surface area contributed by atoms with Gasteiger partial charge >= 0.3 is 0 Å². The topological polar surface area (TPSA) is 95.6 Å². The molecule has 0 aliphatic carbocycles. The quantitative estimate of drug-likeness (QED) is 0.804. The number of aryl methyl sites for hydroxylation is 1. The molecule has 0 bridgehead atoms. The highest BCUT2D eigenvalue weighted by molar-refractivity contribution is 7.92. The second-order valence-corrected chi connectivity index (χ2v) is 8.39. The summed E-state index contributed by atoms with van der Waals surface area (Å²) in [5.74, 6) is -0.469. The molecule has 2 aromatic carbocycles. The minimum Gasteiger partial charge on any atom is -0.355 e. The molecule has 0 unspecified atom stereocenters. The van der Waals surface area contributed by atoms with Crippen molar-refractivity contribution >= 4 is 27.5 Å². The van der Waals surface area contributed by atoms with Crippen molar-refractivity contribution in [3.8, 4) is 0 Å². The maximum Gasteiger partial charge on any atom is 0.261 e. The lowest BCUT2D eigenvalue weighted by molar-refractivity contribution is 0.0793. The third-order valence-corrected chi connectivity index (χ3v) is 6.15. The molecular weight excluding hydrogens is 378 g/mol. The first kappa shape index (κ1) is 19.9. The Labute approximate surface area is 164 Å². The van der Waals surface area contributed by atoms with Gasteiger partial charge in [-0.3, -0.25) is 14.3 Å². The van der Waals surface area contributed by atoms with Crippen molar-refractivity contribution < 1.29 is 18.0 Å². The molecule has 1 fully saturated rings. The first-order valence-electron chi connectivity index (χ1n) is 9.07. The average Bonchev–Trinajstić information content (AvgIpc) is 3.23. The van der Waals surface area contributed by atoms with Gasteiger partial charge in [-0.25, -0.2) is 8.42 Å². The van der Waals surface area contributed by atoms with Crippen LogP contribution in [0.25, 0.3) is 0 Å². The number of amides is 2. The van der Waals surface area contributed by atoms with E-state index in [9.17, 15) is 18.0 Å². The van der Waals surface area contributed by atoms with Crippen LogP contribution in [-0.2, 0) is 10.0 Å². The summed E-state index contributed by atoms with van der Waals surface area (Å²) in [5.41, 5.74) is 1.65. The molecule has 28 heavy (non-hydrogen) atoms. The Balaban J connectivity index is 1.92. The highest BCUT2D eigenvalue weighted by Gasteiger charge is 2.25. The molecule has 2 N–H and O–H groups in total. The predicted octanol–water partition coefficient (Wildman–Crippen LogP) is 2.39. The molecule has 7 nitrogen and oxygen atoms in total. The van der Waals surface area contributed by atoms with E-state index in [1.54, 1.807) is 30.0 Å². The Bertz CT molecular complexity index is 995. The Morgan fingerprint density at radius 1 is 1.00 bits per heavy atom. The maximum absolute atomic E-state index is 12.9. The molecule has 2 amide bonds. The Kier molecular flexibility index (Phi) is 5.69. The van der Waals surface area contributed by atoms with Gasteiger partial charge in [0.05, 0.1) is 16.1 Å². The van der Waals surface area contributed by atoms with Gasteiger partial charge in [-0.05, 0) is 55.7 Å². The summed E-state index contributed by atoms with van der Waals surface area (Å²) in [6.07, 6.45) is 1.91. The van der Waals surface area contributed by atoms with Crippen LogP contribution in [0.5, 0.6) is 0 Å². The number of carbonyl (C=O) groups excluding carboxylic acids is 2. The van der Waals surface area contributed by atoms with E-state index in [4.69, 9.17) is 0 Å². The van der Waals surface area contributed by atoms with Crippen molar-refractivity contribution in [1.29, 1.82) is 0 Å². The van der Waals surface area contributed by atoms with E-state index in [0.29, 0.717) is 29.8 Å². The molecule has 8 heteroatoms. The number of rotatable bonds is 5. The molecule has 0 atom stereocenters. The normalized spacial score (nSPS) is 14.0. The van der Waals surface area contributed by atoms with Gasteiger partial charge in [0.25, 0.3) is 21.8 Å². The summed E-state index contributed by atoms with van der Waals surface area (Å²) >= 11 is 0. The molecule has 148 valence electrons.